The molecular weight excluding hydrogens is 186 g/mol. The Hall–Kier alpha value is -2.00. The minimum atomic E-state index is 0.736. The Morgan fingerprint density at radius 2 is 1.27 bits per heavy atom. The lowest BCUT2D eigenvalue weighted by atomic mass is 10.2. The maximum Gasteiger partial charge on any atom is 0.0576 e. The van der Waals surface area contributed by atoms with Gasteiger partial charge in [-0.2, -0.15) is 0 Å². The predicted molar refractivity (Wildman–Crippen MR) is 63.6 cm³/mol. The second-order valence-corrected chi connectivity index (χ2v) is 3.30. The quantitative estimate of drug-likeness (QED) is 0.443. The van der Waals surface area contributed by atoms with E-state index in [1.165, 1.54) is 0 Å². The summed E-state index contributed by atoms with van der Waals surface area (Å²) < 4.78 is 0. The van der Waals surface area contributed by atoms with Crippen LogP contribution in [0.25, 0.3) is 0 Å². The van der Waals surface area contributed by atoms with Gasteiger partial charge in [-0.15, -0.1) is 0 Å². The number of hydrogen-bond acceptors (Lipinski definition) is 3. The molecule has 0 atom stereocenters. The van der Waals surface area contributed by atoms with Crippen LogP contribution in [0, 0.1) is 0 Å². The summed E-state index contributed by atoms with van der Waals surface area (Å²) in [5.74, 6) is 5.96. The summed E-state index contributed by atoms with van der Waals surface area (Å²) in [5.41, 5.74) is 8.20. The predicted octanol–water partition coefficient (Wildman–Crippen LogP) is 2.28. The van der Waals surface area contributed by atoms with E-state index in [0.717, 1.165) is 17.1 Å². The molecule has 0 saturated carbocycles. The molecule has 76 valence electrons. The van der Waals surface area contributed by atoms with E-state index in [1.54, 1.807) is 5.01 Å². The summed E-state index contributed by atoms with van der Waals surface area (Å²) in [4.78, 5) is 0. The highest BCUT2D eigenvalue weighted by Crippen LogP contribution is 2.21. The third-order valence-electron chi connectivity index (χ3n) is 2.21. The van der Waals surface area contributed by atoms with Gasteiger partial charge in [0.15, 0.2) is 0 Å². The molecular formula is C12H13N3. The fourth-order valence-electron chi connectivity index (χ4n) is 1.37. The standard InChI is InChI=1S/C12H13N3/c13-10-6-8-12(9-7-10)15(14)11-4-2-1-3-5-11/h1-9H,13-14H2. The van der Waals surface area contributed by atoms with Gasteiger partial charge in [0.2, 0.25) is 0 Å². The molecule has 0 radical (unpaired) electrons. The van der Waals surface area contributed by atoms with Gasteiger partial charge in [0.05, 0.1) is 11.4 Å². The van der Waals surface area contributed by atoms with Gasteiger partial charge in [0, 0.05) is 5.69 Å². The van der Waals surface area contributed by atoms with Gasteiger partial charge in [0.1, 0.15) is 0 Å². The second-order valence-electron chi connectivity index (χ2n) is 3.30. The zero-order chi connectivity index (χ0) is 10.7. The largest absolute Gasteiger partial charge is 0.399 e. The summed E-state index contributed by atoms with van der Waals surface area (Å²) >= 11 is 0. The van der Waals surface area contributed by atoms with E-state index in [1.807, 2.05) is 54.6 Å². The first-order chi connectivity index (χ1) is 7.27. The van der Waals surface area contributed by atoms with Crippen LogP contribution in [0.3, 0.4) is 0 Å². The Labute approximate surface area is 88.9 Å². The van der Waals surface area contributed by atoms with E-state index >= 15 is 0 Å². The first-order valence-electron chi connectivity index (χ1n) is 4.73. The molecule has 0 amide bonds. The lowest BCUT2D eigenvalue weighted by Crippen LogP contribution is -2.24. The topological polar surface area (TPSA) is 55.3 Å². The minimum Gasteiger partial charge on any atom is -0.399 e. The van der Waals surface area contributed by atoms with E-state index in [9.17, 15) is 0 Å². The van der Waals surface area contributed by atoms with Gasteiger partial charge >= 0.3 is 0 Å². The van der Waals surface area contributed by atoms with Gasteiger partial charge < -0.3 is 5.73 Å². The second kappa shape index (κ2) is 4.02. The van der Waals surface area contributed by atoms with E-state index in [-0.39, 0.29) is 0 Å². The Kier molecular flexibility index (Phi) is 2.56. The SMILES string of the molecule is Nc1ccc(N(N)c2ccccc2)cc1. The van der Waals surface area contributed by atoms with Crippen molar-refractivity contribution < 1.29 is 0 Å². The fourth-order valence-corrected chi connectivity index (χ4v) is 1.37. The van der Waals surface area contributed by atoms with Gasteiger partial charge in [0.25, 0.3) is 0 Å². The molecule has 0 bridgehead atoms. The van der Waals surface area contributed by atoms with Gasteiger partial charge in [-0.05, 0) is 36.4 Å². The zero-order valence-electron chi connectivity index (χ0n) is 8.30. The molecule has 0 aliphatic heterocycles. The molecule has 15 heavy (non-hydrogen) atoms. The average Bonchev–Trinajstić information content (AvgIpc) is 2.30. The van der Waals surface area contributed by atoms with Crippen LogP contribution in [0.1, 0.15) is 0 Å². The number of nitrogens with zero attached hydrogens (tertiary/aromatic N) is 1. The number of hydrogen-bond donors (Lipinski definition) is 2. The van der Waals surface area contributed by atoms with Crippen LogP contribution in [0.5, 0.6) is 0 Å². The molecule has 0 aromatic heterocycles. The molecule has 0 aliphatic carbocycles. The number of nitrogens with two attached hydrogens (primary N) is 2. The molecule has 2 aromatic carbocycles. The third kappa shape index (κ3) is 2.08. The maximum atomic E-state index is 5.96. The Balaban J connectivity index is 2.29. The monoisotopic (exact) mass is 199 g/mol. The summed E-state index contributed by atoms with van der Waals surface area (Å²) in [6.45, 7) is 0. The van der Waals surface area contributed by atoms with Crippen LogP contribution >= 0.6 is 0 Å². The molecule has 3 nitrogen and oxygen atoms in total. The highest BCUT2D eigenvalue weighted by atomic mass is 15.4. The molecule has 0 spiro atoms. The van der Waals surface area contributed by atoms with E-state index < -0.39 is 0 Å². The van der Waals surface area contributed by atoms with Gasteiger partial charge in [-0.25, -0.2) is 5.84 Å². The summed E-state index contributed by atoms with van der Waals surface area (Å²) in [6.07, 6.45) is 0. The summed E-state index contributed by atoms with van der Waals surface area (Å²) in [7, 11) is 0. The van der Waals surface area contributed by atoms with Crippen molar-refractivity contribution in [2.75, 3.05) is 10.7 Å². The van der Waals surface area contributed by atoms with Crippen molar-refractivity contribution in [3.63, 3.8) is 0 Å². The van der Waals surface area contributed by atoms with Gasteiger partial charge in [-0.3, -0.25) is 5.01 Å². The lowest BCUT2D eigenvalue weighted by molar-refractivity contribution is 1.09. The summed E-state index contributed by atoms with van der Waals surface area (Å²) in [5, 5.41) is 1.62. The molecule has 0 fully saturated rings. The third-order valence-corrected chi connectivity index (χ3v) is 2.21. The Morgan fingerprint density at radius 1 is 0.733 bits per heavy atom. The molecule has 0 aliphatic rings. The van der Waals surface area contributed by atoms with Gasteiger partial charge in [-0.1, -0.05) is 18.2 Å². The Bertz CT molecular complexity index is 422. The van der Waals surface area contributed by atoms with Crippen molar-refractivity contribution in [3.8, 4) is 0 Å². The van der Waals surface area contributed by atoms with E-state index in [0.29, 0.717) is 0 Å². The lowest BCUT2D eigenvalue weighted by Gasteiger charge is -2.18. The highest BCUT2D eigenvalue weighted by molar-refractivity contribution is 5.63. The van der Waals surface area contributed by atoms with Crippen LogP contribution in [0.4, 0.5) is 17.1 Å². The minimum absolute atomic E-state index is 0.736. The van der Waals surface area contributed by atoms with Crippen LogP contribution < -0.4 is 16.6 Å². The number of hydrazine groups is 1. The van der Waals surface area contributed by atoms with E-state index in [4.69, 9.17) is 11.6 Å². The molecule has 0 unspecified atom stereocenters. The van der Waals surface area contributed by atoms with Crippen LogP contribution in [-0.2, 0) is 0 Å². The number of para-hydroxylation sites is 1. The molecule has 0 saturated heterocycles. The number of anilines is 3. The first kappa shape index (κ1) is 9.55. The Morgan fingerprint density at radius 3 is 1.87 bits per heavy atom. The number of rotatable bonds is 2. The smallest absolute Gasteiger partial charge is 0.0576 e. The summed E-state index contributed by atoms with van der Waals surface area (Å²) in [6, 6.07) is 17.2. The highest BCUT2D eigenvalue weighted by Gasteiger charge is 2.02. The van der Waals surface area contributed by atoms with E-state index in [2.05, 4.69) is 0 Å². The van der Waals surface area contributed by atoms with Crippen LogP contribution in [0.2, 0.25) is 0 Å². The molecule has 3 heteroatoms. The average molecular weight is 199 g/mol. The molecule has 2 aromatic rings. The zero-order valence-corrected chi connectivity index (χ0v) is 8.30. The van der Waals surface area contributed by atoms with Crippen molar-refractivity contribution in [1.29, 1.82) is 0 Å². The van der Waals surface area contributed by atoms with Crippen LogP contribution in [-0.4, -0.2) is 0 Å². The first-order valence-corrected chi connectivity index (χ1v) is 4.73. The number of benzene rings is 2. The number of nitrogen functional groups attached to an aromatic ring is 1. The fraction of sp³-hybridized carbons (Fsp3) is 0. The van der Waals surface area contributed by atoms with Crippen molar-refractivity contribution in [2.24, 2.45) is 5.84 Å². The maximum absolute atomic E-state index is 5.96. The normalized spacial score (nSPS) is 9.93. The van der Waals surface area contributed by atoms with Crippen molar-refractivity contribution >= 4 is 17.1 Å². The van der Waals surface area contributed by atoms with Crippen molar-refractivity contribution in [1.82, 2.24) is 0 Å². The van der Waals surface area contributed by atoms with Crippen molar-refractivity contribution in [3.05, 3.63) is 54.6 Å². The molecule has 4 N–H and O–H groups in total. The van der Waals surface area contributed by atoms with Crippen molar-refractivity contribution in [2.45, 2.75) is 0 Å². The van der Waals surface area contributed by atoms with Crippen LogP contribution in [0.15, 0.2) is 54.6 Å². The molecule has 2 rings (SSSR count). The molecule has 0 heterocycles.